The lowest BCUT2D eigenvalue weighted by atomic mass is 10.0. The van der Waals surface area contributed by atoms with E-state index in [0.29, 0.717) is 16.8 Å². The van der Waals surface area contributed by atoms with Gasteiger partial charge < -0.3 is 4.57 Å². The third-order valence-electron chi connectivity index (χ3n) is 3.75. The van der Waals surface area contributed by atoms with Crippen LogP contribution in [0.4, 0.5) is 0 Å². The zero-order valence-corrected chi connectivity index (χ0v) is 13.3. The Balaban J connectivity index is 2.02. The normalized spacial score (nSPS) is 12.7. The number of fused-ring (bicyclic) bond motifs is 1. The van der Waals surface area contributed by atoms with Crippen molar-refractivity contribution in [3.63, 3.8) is 0 Å². The van der Waals surface area contributed by atoms with Gasteiger partial charge in [0, 0.05) is 6.54 Å². The van der Waals surface area contributed by atoms with Crippen molar-refractivity contribution in [1.82, 2.24) is 9.55 Å². The van der Waals surface area contributed by atoms with Crippen LogP contribution in [0.3, 0.4) is 0 Å². The van der Waals surface area contributed by atoms with Crippen molar-refractivity contribution in [3.05, 3.63) is 64.9 Å². The van der Waals surface area contributed by atoms with Crippen molar-refractivity contribution >= 4 is 34.2 Å². The Labute approximate surface area is 134 Å². The number of hydrogen-bond donors (Lipinski definition) is 0. The Kier molecular flexibility index (Phi) is 4.18. The molecule has 0 saturated carbocycles. The van der Waals surface area contributed by atoms with Crippen LogP contribution in [0, 0.1) is 0 Å². The molecule has 0 N–H and O–H groups in total. The minimum absolute atomic E-state index is 0.379. The predicted octanol–water partition coefficient (Wildman–Crippen LogP) is 5.23. The average Bonchev–Trinajstić information content (AvgIpc) is 2.87. The SMILES string of the molecule is CC(Cn1c(CCl)nc2c(Cl)cccc21)c1ccccc1. The van der Waals surface area contributed by atoms with Crippen molar-refractivity contribution in [2.24, 2.45) is 0 Å². The highest BCUT2D eigenvalue weighted by Gasteiger charge is 2.15. The molecule has 0 amide bonds. The van der Waals surface area contributed by atoms with Crippen LogP contribution in [-0.4, -0.2) is 9.55 Å². The smallest absolute Gasteiger partial charge is 0.124 e. The molecule has 0 bridgehead atoms. The van der Waals surface area contributed by atoms with E-state index in [4.69, 9.17) is 23.2 Å². The molecule has 2 nitrogen and oxygen atoms in total. The second-order valence-electron chi connectivity index (χ2n) is 5.19. The summed E-state index contributed by atoms with van der Waals surface area (Å²) in [7, 11) is 0. The van der Waals surface area contributed by atoms with Gasteiger partial charge >= 0.3 is 0 Å². The molecule has 1 unspecified atom stereocenters. The summed E-state index contributed by atoms with van der Waals surface area (Å²) in [6, 6.07) is 16.3. The standard InChI is InChI=1S/C17H16Cl2N2/c1-12(13-6-3-2-4-7-13)11-21-15-9-5-8-14(19)17(15)20-16(21)10-18/h2-9,12H,10-11H2,1H3. The maximum absolute atomic E-state index is 6.23. The Bertz CT molecular complexity index is 750. The molecule has 0 spiro atoms. The summed E-state index contributed by atoms with van der Waals surface area (Å²) >= 11 is 12.3. The highest BCUT2D eigenvalue weighted by molar-refractivity contribution is 6.35. The molecule has 0 fully saturated rings. The average molecular weight is 319 g/mol. The number of benzene rings is 2. The summed E-state index contributed by atoms with van der Waals surface area (Å²) in [5.74, 6) is 1.62. The molecule has 0 aliphatic carbocycles. The van der Waals surface area contributed by atoms with Crippen LogP contribution in [-0.2, 0) is 12.4 Å². The van der Waals surface area contributed by atoms with Crippen molar-refractivity contribution in [1.29, 1.82) is 0 Å². The fourth-order valence-electron chi connectivity index (χ4n) is 2.63. The van der Waals surface area contributed by atoms with Gasteiger partial charge in [-0.1, -0.05) is 54.9 Å². The summed E-state index contributed by atoms with van der Waals surface area (Å²) in [4.78, 5) is 4.58. The maximum atomic E-state index is 6.23. The lowest BCUT2D eigenvalue weighted by molar-refractivity contribution is 0.595. The number of halogens is 2. The van der Waals surface area contributed by atoms with Crippen LogP contribution in [0.2, 0.25) is 5.02 Å². The molecule has 0 aliphatic rings. The van der Waals surface area contributed by atoms with Crippen LogP contribution in [0.5, 0.6) is 0 Å². The Morgan fingerprint density at radius 1 is 1.10 bits per heavy atom. The van der Waals surface area contributed by atoms with E-state index < -0.39 is 0 Å². The summed E-state index contributed by atoms with van der Waals surface area (Å²) in [6.07, 6.45) is 0. The van der Waals surface area contributed by atoms with Crippen LogP contribution in [0.25, 0.3) is 11.0 Å². The zero-order chi connectivity index (χ0) is 14.8. The largest absolute Gasteiger partial charge is 0.326 e. The molecule has 1 atom stereocenters. The van der Waals surface area contributed by atoms with Gasteiger partial charge in [0.05, 0.1) is 16.4 Å². The van der Waals surface area contributed by atoms with Crippen LogP contribution in [0.1, 0.15) is 24.2 Å². The van der Waals surface area contributed by atoms with E-state index in [2.05, 4.69) is 40.7 Å². The van der Waals surface area contributed by atoms with Crippen molar-refractivity contribution in [2.75, 3.05) is 0 Å². The van der Waals surface area contributed by atoms with Gasteiger partial charge in [0.2, 0.25) is 0 Å². The van der Waals surface area contributed by atoms with Crippen LogP contribution >= 0.6 is 23.2 Å². The molecule has 108 valence electrons. The number of alkyl halides is 1. The van der Waals surface area contributed by atoms with E-state index in [1.54, 1.807) is 0 Å². The molecule has 0 radical (unpaired) electrons. The lowest BCUT2D eigenvalue weighted by Crippen LogP contribution is -2.09. The maximum Gasteiger partial charge on any atom is 0.124 e. The first-order valence-corrected chi connectivity index (χ1v) is 7.86. The number of aromatic nitrogens is 2. The molecule has 0 saturated heterocycles. The van der Waals surface area contributed by atoms with Crippen molar-refractivity contribution in [2.45, 2.75) is 25.3 Å². The Morgan fingerprint density at radius 3 is 2.57 bits per heavy atom. The van der Waals surface area contributed by atoms with Crippen LogP contribution < -0.4 is 0 Å². The summed E-state index contributed by atoms with van der Waals surface area (Å²) in [5.41, 5.74) is 3.18. The molecule has 2 aromatic carbocycles. The van der Waals surface area contributed by atoms with E-state index in [9.17, 15) is 0 Å². The van der Waals surface area contributed by atoms with Gasteiger partial charge in [-0.3, -0.25) is 0 Å². The fraction of sp³-hybridized carbons (Fsp3) is 0.235. The van der Waals surface area contributed by atoms with E-state index in [0.717, 1.165) is 23.4 Å². The minimum atomic E-state index is 0.379. The van der Waals surface area contributed by atoms with E-state index in [1.165, 1.54) is 5.56 Å². The first kappa shape index (κ1) is 14.4. The number of rotatable bonds is 4. The Hall–Kier alpha value is -1.51. The van der Waals surface area contributed by atoms with Gasteiger partial charge in [-0.15, -0.1) is 11.6 Å². The Morgan fingerprint density at radius 2 is 1.86 bits per heavy atom. The number of imidazole rings is 1. The first-order chi connectivity index (χ1) is 10.2. The van der Waals surface area contributed by atoms with Gasteiger partial charge in [0.25, 0.3) is 0 Å². The highest BCUT2D eigenvalue weighted by Crippen LogP contribution is 2.27. The molecule has 3 rings (SSSR count). The third kappa shape index (κ3) is 2.78. The molecule has 0 aliphatic heterocycles. The summed E-state index contributed by atoms with van der Waals surface area (Å²) in [6.45, 7) is 3.05. The molecule has 3 aromatic rings. The minimum Gasteiger partial charge on any atom is -0.326 e. The first-order valence-electron chi connectivity index (χ1n) is 6.95. The molecular weight excluding hydrogens is 303 g/mol. The molecule has 1 aromatic heterocycles. The molecule has 4 heteroatoms. The third-order valence-corrected chi connectivity index (χ3v) is 4.30. The summed E-state index contributed by atoms with van der Waals surface area (Å²) in [5, 5.41) is 0.671. The number of hydrogen-bond acceptors (Lipinski definition) is 1. The second kappa shape index (κ2) is 6.08. The van der Waals surface area contributed by atoms with Crippen LogP contribution in [0.15, 0.2) is 48.5 Å². The van der Waals surface area contributed by atoms with Crippen molar-refractivity contribution < 1.29 is 0 Å². The lowest BCUT2D eigenvalue weighted by Gasteiger charge is -2.15. The molecule has 21 heavy (non-hydrogen) atoms. The van der Waals surface area contributed by atoms with Gasteiger partial charge in [-0.2, -0.15) is 0 Å². The molecule has 1 heterocycles. The molecular formula is C17H16Cl2N2. The van der Waals surface area contributed by atoms with Gasteiger partial charge in [-0.05, 0) is 23.6 Å². The van der Waals surface area contributed by atoms with Gasteiger partial charge in [-0.25, -0.2) is 4.98 Å². The van der Waals surface area contributed by atoms with E-state index >= 15 is 0 Å². The second-order valence-corrected chi connectivity index (χ2v) is 5.87. The highest BCUT2D eigenvalue weighted by atomic mass is 35.5. The monoisotopic (exact) mass is 318 g/mol. The van der Waals surface area contributed by atoms with E-state index in [1.807, 2.05) is 24.3 Å². The quantitative estimate of drug-likeness (QED) is 0.602. The number of para-hydroxylation sites is 1. The van der Waals surface area contributed by atoms with Gasteiger partial charge in [0.1, 0.15) is 11.3 Å². The summed E-state index contributed by atoms with van der Waals surface area (Å²) < 4.78 is 2.17. The topological polar surface area (TPSA) is 17.8 Å². The van der Waals surface area contributed by atoms with E-state index in [-0.39, 0.29) is 0 Å². The van der Waals surface area contributed by atoms with Crippen molar-refractivity contribution in [3.8, 4) is 0 Å². The number of nitrogens with zero attached hydrogens (tertiary/aromatic N) is 2. The zero-order valence-electron chi connectivity index (χ0n) is 11.8. The predicted molar refractivity (Wildman–Crippen MR) is 89.2 cm³/mol. The van der Waals surface area contributed by atoms with Gasteiger partial charge in [0.15, 0.2) is 0 Å². The fourth-order valence-corrected chi connectivity index (χ4v) is 3.04.